The van der Waals surface area contributed by atoms with Gasteiger partial charge in [0.1, 0.15) is 0 Å². The number of rotatable bonds is 5. The van der Waals surface area contributed by atoms with Crippen LogP contribution >= 0.6 is 0 Å². The van der Waals surface area contributed by atoms with Crippen molar-refractivity contribution in [3.05, 3.63) is 259 Å². The van der Waals surface area contributed by atoms with Gasteiger partial charge in [-0.2, -0.15) is 0 Å². The van der Waals surface area contributed by atoms with Crippen molar-refractivity contribution in [3.63, 3.8) is 0 Å². The lowest BCUT2D eigenvalue weighted by Crippen LogP contribution is -2.26. The molecule has 0 amide bonds. The van der Waals surface area contributed by atoms with Crippen LogP contribution in [0.3, 0.4) is 0 Å². The molecule has 13 rings (SSSR count). The van der Waals surface area contributed by atoms with Gasteiger partial charge in [-0.15, -0.1) is 0 Å². The number of nitrogens with zero attached hydrogens (tertiary/aromatic N) is 1. The fourth-order valence-corrected chi connectivity index (χ4v) is 11.1. The molecule has 1 nitrogen and oxygen atoms in total. The fourth-order valence-electron chi connectivity index (χ4n) is 11.1. The Hall–Kier alpha value is -8.00. The van der Waals surface area contributed by atoms with Crippen molar-refractivity contribution in [1.29, 1.82) is 0 Å². The summed E-state index contributed by atoms with van der Waals surface area (Å²) >= 11 is 0. The number of fused-ring (bicyclic) bond motifs is 17. The van der Waals surface area contributed by atoms with Crippen molar-refractivity contribution in [2.24, 2.45) is 0 Å². The summed E-state index contributed by atoms with van der Waals surface area (Å²) in [5.41, 5.74) is 25.9. The van der Waals surface area contributed by atoms with Gasteiger partial charge in [-0.3, -0.25) is 0 Å². The first-order valence-corrected chi connectivity index (χ1v) is 21.6. The molecular formula is C61H39N. The van der Waals surface area contributed by atoms with Crippen LogP contribution < -0.4 is 4.90 Å². The second kappa shape index (κ2) is 13.5. The largest absolute Gasteiger partial charge is 0.310 e. The van der Waals surface area contributed by atoms with Crippen molar-refractivity contribution in [1.82, 2.24) is 0 Å². The highest BCUT2D eigenvalue weighted by Gasteiger charge is 2.51. The second-order valence-electron chi connectivity index (χ2n) is 16.7. The zero-order valence-corrected chi connectivity index (χ0v) is 34.0. The van der Waals surface area contributed by atoms with Crippen molar-refractivity contribution in [3.8, 4) is 77.9 Å². The maximum Gasteiger partial charge on any atom is 0.0726 e. The zero-order chi connectivity index (χ0) is 40.8. The molecule has 0 atom stereocenters. The molecule has 1 spiro atoms. The van der Waals surface area contributed by atoms with Crippen LogP contribution in [0.5, 0.6) is 0 Å². The highest BCUT2D eigenvalue weighted by molar-refractivity contribution is 6.06. The smallest absolute Gasteiger partial charge is 0.0726 e. The lowest BCUT2D eigenvalue weighted by Gasteiger charge is -2.32. The van der Waals surface area contributed by atoms with Crippen molar-refractivity contribution < 1.29 is 0 Å². The molecular weight excluding hydrogens is 747 g/mol. The van der Waals surface area contributed by atoms with E-state index in [9.17, 15) is 0 Å². The van der Waals surface area contributed by atoms with E-state index in [0.717, 1.165) is 17.1 Å². The molecule has 0 saturated heterocycles. The van der Waals surface area contributed by atoms with Gasteiger partial charge in [0.05, 0.1) is 5.41 Å². The number of benzene rings is 10. The van der Waals surface area contributed by atoms with E-state index in [-0.39, 0.29) is 0 Å². The maximum absolute atomic E-state index is 2.49. The van der Waals surface area contributed by atoms with E-state index in [1.165, 1.54) is 100 Å². The van der Waals surface area contributed by atoms with Crippen molar-refractivity contribution >= 4 is 17.1 Å². The van der Waals surface area contributed by atoms with E-state index >= 15 is 0 Å². The standard InChI is InChI=1S/C61H39N/c1-2-16-40(17-3-1)41-32-34-43(35-33-41)62(44-19-14-18-42(38-44)60-54-27-15-28-55(60)49-23-7-5-21-47(49)46-20-4-6-22-48(46)54)45-36-37-53-52-26-10-13-31-58(52)61(59(53)39-45)56-29-11-8-24-50(56)51-25-9-12-30-57(51)61/h1-39H. The zero-order valence-electron chi connectivity index (χ0n) is 34.0. The molecule has 0 N–H and O–H groups in total. The molecule has 10 aromatic carbocycles. The highest BCUT2D eigenvalue weighted by Crippen LogP contribution is 2.63. The summed E-state index contributed by atoms with van der Waals surface area (Å²) in [6.45, 7) is 0. The van der Waals surface area contributed by atoms with Gasteiger partial charge in [-0.25, -0.2) is 0 Å². The van der Waals surface area contributed by atoms with E-state index in [2.05, 4.69) is 241 Å². The Morgan fingerprint density at radius 1 is 0.226 bits per heavy atom. The number of anilines is 3. The van der Waals surface area contributed by atoms with Gasteiger partial charge in [-0.05, 0) is 137 Å². The maximum atomic E-state index is 2.49. The van der Waals surface area contributed by atoms with E-state index < -0.39 is 5.41 Å². The predicted octanol–water partition coefficient (Wildman–Crippen LogP) is 16.1. The molecule has 3 aliphatic carbocycles. The third kappa shape index (κ3) is 4.91. The van der Waals surface area contributed by atoms with Gasteiger partial charge < -0.3 is 4.90 Å². The molecule has 0 heterocycles. The SMILES string of the molecule is c1ccc(-c2ccc(N(c3cccc(-c4c5cccc4-c4ccccc4-c4ccccc4-5)c3)c3ccc4c(c3)C3(c5ccccc5-c5ccccc53)c3ccccc3-4)cc2)cc1. The van der Waals surface area contributed by atoms with Gasteiger partial charge in [0, 0.05) is 17.1 Å². The number of hydrogen-bond donors (Lipinski definition) is 0. The Bertz CT molecular complexity index is 3280. The van der Waals surface area contributed by atoms with E-state index in [1.807, 2.05) is 0 Å². The lowest BCUT2D eigenvalue weighted by atomic mass is 9.70. The Morgan fingerprint density at radius 2 is 0.613 bits per heavy atom. The minimum atomic E-state index is -0.441. The molecule has 0 radical (unpaired) electrons. The van der Waals surface area contributed by atoms with Crippen molar-refractivity contribution in [2.45, 2.75) is 5.41 Å². The van der Waals surface area contributed by atoms with Crippen LogP contribution in [0.4, 0.5) is 17.1 Å². The summed E-state index contributed by atoms with van der Waals surface area (Å²) in [7, 11) is 0. The van der Waals surface area contributed by atoms with E-state index in [1.54, 1.807) is 0 Å². The molecule has 3 aliphatic rings. The van der Waals surface area contributed by atoms with Gasteiger partial charge in [0.25, 0.3) is 0 Å². The molecule has 288 valence electrons. The molecule has 0 unspecified atom stereocenters. The molecule has 0 aromatic heterocycles. The van der Waals surface area contributed by atoms with E-state index in [4.69, 9.17) is 0 Å². The Morgan fingerprint density at radius 3 is 1.18 bits per heavy atom. The molecule has 0 aliphatic heterocycles. The number of hydrogen-bond acceptors (Lipinski definition) is 1. The molecule has 2 bridgehead atoms. The van der Waals surface area contributed by atoms with Crippen LogP contribution in [0.2, 0.25) is 0 Å². The minimum Gasteiger partial charge on any atom is -0.310 e. The average molecular weight is 786 g/mol. The quantitative estimate of drug-likeness (QED) is 0.168. The molecule has 10 aromatic rings. The van der Waals surface area contributed by atoms with Gasteiger partial charge >= 0.3 is 0 Å². The van der Waals surface area contributed by atoms with Crippen molar-refractivity contribution in [2.75, 3.05) is 4.90 Å². The summed E-state index contributed by atoms with van der Waals surface area (Å²) in [5.74, 6) is 0. The Kier molecular flexibility index (Phi) is 7.59. The third-order valence-electron chi connectivity index (χ3n) is 13.7. The molecule has 0 saturated carbocycles. The molecule has 62 heavy (non-hydrogen) atoms. The predicted molar refractivity (Wildman–Crippen MR) is 258 cm³/mol. The van der Waals surface area contributed by atoms with Gasteiger partial charge in [-0.1, -0.05) is 200 Å². The van der Waals surface area contributed by atoms with Crippen LogP contribution in [0.1, 0.15) is 22.3 Å². The summed E-state index contributed by atoms with van der Waals surface area (Å²) in [4.78, 5) is 2.46. The van der Waals surface area contributed by atoms with Crippen LogP contribution in [-0.2, 0) is 5.41 Å². The van der Waals surface area contributed by atoms with Crippen LogP contribution in [-0.4, -0.2) is 0 Å². The second-order valence-corrected chi connectivity index (χ2v) is 16.7. The first-order valence-electron chi connectivity index (χ1n) is 21.6. The summed E-state index contributed by atoms with van der Waals surface area (Å²) in [6, 6.07) is 87.9. The normalized spacial score (nSPS) is 13.0. The average Bonchev–Trinajstić information content (AvgIpc) is 3.79. The van der Waals surface area contributed by atoms with Crippen LogP contribution in [0.25, 0.3) is 77.9 Å². The molecule has 0 fully saturated rings. The third-order valence-corrected chi connectivity index (χ3v) is 13.7. The monoisotopic (exact) mass is 785 g/mol. The fraction of sp³-hybridized carbons (Fsp3) is 0.0164. The summed E-state index contributed by atoms with van der Waals surface area (Å²) in [5, 5.41) is 0. The lowest BCUT2D eigenvalue weighted by molar-refractivity contribution is 0.793. The van der Waals surface area contributed by atoms with Crippen LogP contribution in [0, 0.1) is 0 Å². The first-order chi connectivity index (χ1) is 30.8. The summed E-state index contributed by atoms with van der Waals surface area (Å²) in [6.07, 6.45) is 0. The van der Waals surface area contributed by atoms with E-state index in [0.29, 0.717) is 0 Å². The Labute approximate surface area is 362 Å². The van der Waals surface area contributed by atoms with Crippen LogP contribution in [0.15, 0.2) is 237 Å². The Balaban J connectivity index is 1.05. The van der Waals surface area contributed by atoms with Gasteiger partial charge in [0.15, 0.2) is 0 Å². The first kappa shape index (κ1) is 34.8. The topological polar surface area (TPSA) is 3.24 Å². The summed E-state index contributed by atoms with van der Waals surface area (Å²) < 4.78 is 0. The van der Waals surface area contributed by atoms with Gasteiger partial charge in [0.2, 0.25) is 0 Å². The highest BCUT2D eigenvalue weighted by atomic mass is 15.1. The minimum absolute atomic E-state index is 0.441. The molecule has 1 heteroatoms.